The Morgan fingerprint density at radius 1 is 0.938 bits per heavy atom. The van der Waals surface area contributed by atoms with Gasteiger partial charge in [0.1, 0.15) is 6.17 Å². The van der Waals surface area contributed by atoms with E-state index in [2.05, 4.69) is 52.0 Å². The van der Waals surface area contributed by atoms with Crippen LogP contribution in [0.1, 0.15) is 104 Å². The van der Waals surface area contributed by atoms with E-state index in [9.17, 15) is 14.3 Å². The molecule has 0 aliphatic heterocycles. The van der Waals surface area contributed by atoms with Crippen LogP contribution in [0.4, 0.5) is 4.39 Å². The molecule has 2 aromatic heterocycles. The number of carbonyl (C=O) groups is 1. The molecule has 2 heterocycles. The van der Waals surface area contributed by atoms with Crippen LogP contribution in [0.25, 0.3) is 42.2 Å². The Hall–Kier alpha value is -2.92. The third kappa shape index (κ3) is 9.00. The molecule has 0 saturated heterocycles. The fraction of sp³-hybridized carbons (Fsp3) is 0.429. The van der Waals surface area contributed by atoms with E-state index in [1.165, 1.54) is 32.7 Å². The zero-order valence-corrected chi connectivity index (χ0v) is 33.2. The molecule has 1 atom stereocenters. The van der Waals surface area contributed by atoms with Gasteiger partial charge in [0, 0.05) is 64.7 Å². The third-order valence-corrected chi connectivity index (χ3v) is 10.6. The van der Waals surface area contributed by atoms with Gasteiger partial charge in [-0.15, -0.1) is 34.9 Å². The van der Waals surface area contributed by atoms with Crippen molar-refractivity contribution in [1.29, 1.82) is 0 Å². The molecule has 1 unspecified atom stereocenters. The van der Waals surface area contributed by atoms with Gasteiger partial charge in [0.15, 0.2) is 5.78 Å². The summed E-state index contributed by atoms with van der Waals surface area (Å²) in [6.45, 7) is 18.7. The maximum Gasteiger partial charge on any atom is 0.162 e. The first kappa shape index (κ1) is 39.5. The maximum atomic E-state index is 14.5. The van der Waals surface area contributed by atoms with Crippen LogP contribution in [0.5, 0.6) is 0 Å². The molecular formula is C42H51FIrNO2S-. The summed E-state index contributed by atoms with van der Waals surface area (Å²) in [7, 11) is 0. The maximum absolute atomic E-state index is 14.5. The van der Waals surface area contributed by atoms with E-state index in [0.29, 0.717) is 5.56 Å². The number of hydrogen-bond donors (Lipinski definition) is 1. The van der Waals surface area contributed by atoms with E-state index in [1.54, 1.807) is 18.3 Å². The van der Waals surface area contributed by atoms with Crippen LogP contribution in [0, 0.1) is 30.2 Å². The molecule has 0 amide bonds. The van der Waals surface area contributed by atoms with E-state index in [4.69, 9.17) is 4.98 Å². The number of pyridine rings is 1. The van der Waals surface area contributed by atoms with Crippen molar-refractivity contribution in [3.05, 3.63) is 89.3 Å². The van der Waals surface area contributed by atoms with Gasteiger partial charge in [0.25, 0.3) is 0 Å². The summed E-state index contributed by atoms with van der Waals surface area (Å²) >= 11 is 1.79. The summed E-state index contributed by atoms with van der Waals surface area (Å²) in [5.74, 6) is 0.547. The number of aromatic nitrogens is 1. The minimum atomic E-state index is -1.06. The van der Waals surface area contributed by atoms with Crippen LogP contribution >= 0.6 is 11.3 Å². The third-order valence-electron chi connectivity index (χ3n) is 9.21. The van der Waals surface area contributed by atoms with E-state index in [0.717, 1.165) is 58.8 Å². The predicted octanol–water partition coefficient (Wildman–Crippen LogP) is 12.9. The molecule has 3 nitrogen and oxygen atoms in total. The topological polar surface area (TPSA) is 50.2 Å². The van der Waals surface area contributed by atoms with E-state index in [-0.39, 0.29) is 48.9 Å². The number of carbonyl (C=O) groups excluding carboxylic acids is 1. The number of ketones is 1. The smallest absolute Gasteiger partial charge is 0.162 e. The van der Waals surface area contributed by atoms with Crippen molar-refractivity contribution in [3.63, 3.8) is 0 Å². The van der Waals surface area contributed by atoms with Crippen molar-refractivity contribution in [3.8, 4) is 11.3 Å². The van der Waals surface area contributed by atoms with Gasteiger partial charge in [-0.3, -0.25) is 9.78 Å². The molecule has 0 fully saturated rings. The van der Waals surface area contributed by atoms with Gasteiger partial charge in [-0.1, -0.05) is 95.3 Å². The standard InChI is InChI=1S/C29H27FNS.C13H24O2.Ir/c1-17-20(16-29(3,4)5)10-11-23-24-12-13-31-26(28(24)32-27(17)23)21-14-19-8-6-7-9-22(19)25(15-21)18(2)30;1-5-10(6-2)12(14)9-13(15)11(7-3)8-4;/h6-13,15,18H,16H2,1-5H3;9-11,14H,5-8H2,1-4H3;/q-1;;/b;12-9-;. The number of aryl methyl sites for hydroxylation is 1. The average molecular weight is 845 g/mol. The Labute approximate surface area is 304 Å². The molecule has 0 aliphatic rings. The van der Waals surface area contributed by atoms with Gasteiger partial charge in [0.05, 0.1) is 5.76 Å². The Bertz CT molecular complexity index is 1880. The molecule has 0 spiro atoms. The number of alkyl halides is 1. The number of fused-ring (bicyclic) bond motifs is 4. The Balaban J connectivity index is 0.000000334. The average Bonchev–Trinajstić information content (AvgIpc) is 3.42. The van der Waals surface area contributed by atoms with Crippen LogP contribution < -0.4 is 0 Å². The number of allylic oxidation sites excluding steroid dienone is 2. The minimum Gasteiger partial charge on any atom is -0.512 e. The molecule has 5 aromatic rings. The second-order valence-electron chi connectivity index (χ2n) is 13.9. The van der Waals surface area contributed by atoms with Crippen LogP contribution in [0.15, 0.2) is 66.6 Å². The van der Waals surface area contributed by atoms with Gasteiger partial charge in [-0.2, -0.15) is 0 Å². The molecule has 0 aliphatic carbocycles. The molecular weight excluding hydrogens is 794 g/mol. The number of thiophene rings is 1. The predicted molar refractivity (Wildman–Crippen MR) is 200 cm³/mol. The molecule has 1 radical (unpaired) electrons. The summed E-state index contributed by atoms with van der Waals surface area (Å²) in [6.07, 6.45) is 6.76. The zero-order valence-electron chi connectivity index (χ0n) is 30.0. The van der Waals surface area contributed by atoms with Gasteiger partial charge < -0.3 is 5.11 Å². The van der Waals surface area contributed by atoms with Crippen molar-refractivity contribution in [2.45, 2.75) is 101 Å². The normalized spacial score (nSPS) is 12.8. The number of benzene rings is 3. The van der Waals surface area contributed by atoms with Gasteiger partial charge in [0.2, 0.25) is 0 Å². The molecule has 259 valence electrons. The SMILES string of the molecule is CCC(CC)C(=O)/C=C(\O)C(CC)CC.Cc1c(CC(C)(C)C)ccc2c1sc1c(-c3[c-]c4ccccc4c(C(C)F)c3)nccc12.[Ir]. The molecule has 3 aromatic carbocycles. The summed E-state index contributed by atoms with van der Waals surface area (Å²) < 4.78 is 17.0. The summed E-state index contributed by atoms with van der Waals surface area (Å²) in [5.41, 5.74) is 5.42. The number of hydrogen-bond acceptors (Lipinski definition) is 4. The Morgan fingerprint density at radius 3 is 2.17 bits per heavy atom. The second-order valence-corrected chi connectivity index (χ2v) is 14.9. The fourth-order valence-corrected chi connectivity index (χ4v) is 7.71. The van der Waals surface area contributed by atoms with Gasteiger partial charge in [-0.05, 0) is 73.9 Å². The molecule has 0 saturated carbocycles. The first-order valence-corrected chi connectivity index (χ1v) is 18.0. The Kier molecular flexibility index (Phi) is 14.1. The molecule has 6 heteroatoms. The zero-order chi connectivity index (χ0) is 34.5. The van der Waals surface area contributed by atoms with E-state index >= 15 is 0 Å². The summed E-state index contributed by atoms with van der Waals surface area (Å²) in [5, 5.41) is 14.1. The van der Waals surface area contributed by atoms with Gasteiger partial charge in [-0.25, -0.2) is 4.39 Å². The summed E-state index contributed by atoms with van der Waals surface area (Å²) in [4.78, 5) is 16.5. The van der Waals surface area contributed by atoms with E-state index in [1.807, 2.05) is 64.2 Å². The van der Waals surface area contributed by atoms with Crippen molar-refractivity contribution in [2.24, 2.45) is 17.3 Å². The fourth-order valence-electron chi connectivity index (χ4n) is 6.39. The second kappa shape index (κ2) is 17.1. The van der Waals surface area contributed by atoms with Crippen molar-refractivity contribution in [2.75, 3.05) is 0 Å². The molecule has 5 rings (SSSR count). The Morgan fingerprint density at radius 2 is 1.56 bits per heavy atom. The van der Waals surface area contributed by atoms with Crippen molar-refractivity contribution in [1.82, 2.24) is 4.98 Å². The molecule has 48 heavy (non-hydrogen) atoms. The van der Waals surface area contributed by atoms with E-state index < -0.39 is 6.17 Å². The van der Waals surface area contributed by atoms with Crippen LogP contribution in [-0.2, 0) is 31.3 Å². The number of nitrogens with zero attached hydrogens (tertiary/aromatic N) is 1. The largest absolute Gasteiger partial charge is 0.512 e. The number of halogens is 1. The number of aliphatic hydroxyl groups excluding tert-OH is 1. The molecule has 0 bridgehead atoms. The van der Waals surface area contributed by atoms with Gasteiger partial charge >= 0.3 is 0 Å². The van der Waals surface area contributed by atoms with Crippen LogP contribution in [-0.4, -0.2) is 15.9 Å². The quantitative estimate of drug-likeness (QED) is 0.0865. The van der Waals surface area contributed by atoms with Crippen molar-refractivity contribution >= 4 is 48.1 Å². The monoisotopic (exact) mass is 845 g/mol. The first-order chi connectivity index (χ1) is 22.3. The van der Waals surface area contributed by atoms with Crippen LogP contribution in [0.2, 0.25) is 0 Å². The minimum absolute atomic E-state index is 0. The first-order valence-electron chi connectivity index (χ1n) is 17.2. The van der Waals surface area contributed by atoms with Crippen LogP contribution in [0.3, 0.4) is 0 Å². The number of rotatable bonds is 10. The number of aliphatic hydroxyl groups is 1. The summed E-state index contributed by atoms with van der Waals surface area (Å²) in [6, 6.07) is 20.0. The van der Waals surface area contributed by atoms with Crippen molar-refractivity contribution < 1.29 is 34.4 Å². The molecule has 1 N–H and O–H groups in total.